The number of rotatable bonds is 7. The summed E-state index contributed by atoms with van der Waals surface area (Å²) in [5, 5.41) is 0.960. The van der Waals surface area contributed by atoms with E-state index in [-0.39, 0.29) is 13.2 Å². The summed E-state index contributed by atoms with van der Waals surface area (Å²) in [7, 11) is -7.30. The summed E-state index contributed by atoms with van der Waals surface area (Å²) in [6.45, 7) is -0.579. The van der Waals surface area contributed by atoms with Crippen molar-refractivity contribution in [2.45, 2.75) is 6.42 Å². The van der Waals surface area contributed by atoms with E-state index in [2.05, 4.69) is 4.74 Å². The Morgan fingerprint density at radius 1 is 1.14 bits per heavy atom. The summed E-state index contributed by atoms with van der Waals surface area (Å²) in [6.07, 6.45) is 0.392. The average molecular weight is 356 g/mol. The molecule has 21 heavy (non-hydrogen) atoms. The maximum atomic E-state index is 14.7. The lowest BCUT2D eigenvalue weighted by atomic mass is 10.4. The highest BCUT2D eigenvalue weighted by Crippen LogP contribution is 2.57. The van der Waals surface area contributed by atoms with Crippen LogP contribution in [0.4, 0.5) is 12.8 Å². The minimum Gasteiger partial charge on any atom is -0.350 e. The van der Waals surface area contributed by atoms with Gasteiger partial charge in [-0.25, -0.2) is 8.59 Å². The molecule has 0 aromatic heterocycles. The van der Waals surface area contributed by atoms with Crippen molar-refractivity contribution in [3.8, 4) is 0 Å². The largest absolute Gasteiger partial charge is 0.350 e. The van der Waals surface area contributed by atoms with Gasteiger partial charge in [-0.05, 0) is 22.8 Å². The molecule has 1 aromatic carbocycles. The van der Waals surface area contributed by atoms with Crippen molar-refractivity contribution in [2.75, 3.05) is 20.1 Å². The maximum absolute atomic E-state index is 14.7. The first kappa shape index (κ1) is 17.2. The average Bonchev–Trinajstić information content (AvgIpc) is 2.47. The van der Waals surface area contributed by atoms with E-state index in [0.717, 1.165) is 10.8 Å². The van der Waals surface area contributed by atoms with Crippen molar-refractivity contribution in [1.82, 2.24) is 0 Å². The molecule has 0 radical (unpaired) electrons. The van der Waals surface area contributed by atoms with Gasteiger partial charge in [0.15, 0.2) is 14.3 Å². The van der Waals surface area contributed by atoms with Crippen LogP contribution in [0.25, 0.3) is 0 Å². The van der Waals surface area contributed by atoms with Crippen LogP contribution >= 0.6 is 22.8 Å². The van der Waals surface area contributed by atoms with Gasteiger partial charge >= 0.3 is 0 Å². The zero-order valence-corrected chi connectivity index (χ0v) is 14.2. The quantitative estimate of drug-likeness (QED) is 0.541. The van der Waals surface area contributed by atoms with Crippen molar-refractivity contribution >= 4 is 44.7 Å². The van der Waals surface area contributed by atoms with E-state index in [9.17, 15) is 12.8 Å². The van der Waals surface area contributed by atoms with Crippen LogP contribution in [-0.4, -0.2) is 36.7 Å². The Hall–Kier alpha value is -0.170. The lowest BCUT2D eigenvalue weighted by molar-refractivity contribution is 0.0512. The summed E-state index contributed by atoms with van der Waals surface area (Å²) >= 11 is 0. The molecule has 1 heterocycles. The van der Waals surface area contributed by atoms with Gasteiger partial charge in [0.05, 0.1) is 21.1 Å². The fourth-order valence-corrected chi connectivity index (χ4v) is 11.7. The molecule has 0 spiro atoms. The number of ether oxygens (including phenoxy) is 1. The second-order valence-corrected chi connectivity index (χ2v) is 11.4. The van der Waals surface area contributed by atoms with Crippen LogP contribution in [0.1, 0.15) is 6.42 Å². The van der Waals surface area contributed by atoms with Gasteiger partial charge in [0, 0.05) is 5.54 Å². The fourth-order valence-electron chi connectivity index (χ4n) is 1.90. The second-order valence-electron chi connectivity index (χ2n) is 4.44. The monoisotopic (exact) mass is 356 g/mol. The number of hydrogen-bond donors (Lipinski definition) is 0. The molecule has 1 aromatic rings. The third-order valence-electron chi connectivity index (χ3n) is 2.81. The Morgan fingerprint density at radius 2 is 1.90 bits per heavy atom. The van der Waals surface area contributed by atoms with Crippen LogP contribution in [-0.2, 0) is 9.26 Å². The molecule has 0 aliphatic carbocycles. The Balaban J connectivity index is 2.09. The zero-order chi connectivity index (χ0) is 15.1. The predicted molar refractivity (Wildman–Crippen MR) is 92.5 cm³/mol. The smallest absolute Gasteiger partial charge is 0.195 e. The standard InChI is InChI=1S/C13H18F3O2P3/c14-9-17-7-4-8-18-21(16)11-19(10-20(15)12-21)13-5-2-1-3-6-13/h1-3,5-6,10-12,19-20H,4,7-9H2. The maximum Gasteiger partial charge on any atom is 0.195 e. The Labute approximate surface area is 124 Å². The van der Waals surface area contributed by atoms with E-state index in [4.69, 9.17) is 4.52 Å². The Bertz CT molecular complexity index is 588. The van der Waals surface area contributed by atoms with Gasteiger partial charge in [-0.1, -0.05) is 37.9 Å². The summed E-state index contributed by atoms with van der Waals surface area (Å²) in [6, 6.07) is 9.39. The van der Waals surface area contributed by atoms with Crippen molar-refractivity contribution in [3.05, 3.63) is 30.3 Å². The van der Waals surface area contributed by atoms with Crippen molar-refractivity contribution in [2.24, 2.45) is 0 Å². The Kier molecular flexibility index (Phi) is 6.92. The first-order valence-electron chi connectivity index (χ1n) is 6.51. The first-order chi connectivity index (χ1) is 10.1. The number of benzene rings is 1. The molecule has 0 saturated carbocycles. The molecule has 1 aliphatic heterocycles. The first-order valence-corrected chi connectivity index (χ1v) is 11.4. The van der Waals surface area contributed by atoms with Gasteiger partial charge in [0.2, 0.25) is 0 Å². The van der Waals surface area contributed by atoms with Crippen LogP contribution < -0.4 is 5.30 Å². The molecule has 1 aliphatic rings. The fraction of sp³-hybridized carbons (Fsp3) is 0.308. The minimum absolute atomic E-state index is 0.108. The highest BCUT2D eigenvalue weighted by molar-refractivity contribution is 8.10. The van der Waals surface area contributed by atoms with Crippen molar-refractivity contribution in [3.63, 3.8) is 0 Å². The van der Waals surface area contributed by atoms with Gasteiger partial charge in [0.25, 0.3) is 0 Å². The molecule has 3 atom stereocenters. The van der Waals surface area contributed by atoms with E-state index in [1.165, 1.54) is 0 Å². The minimum atomic E-state index is -3.40. The van der Waals surface area contributed by atoms with Crippen molar-refractivity contribution in [1.29, 1.82) is 0 Å². The highest BCUT2D eigenvalue weighted by atomic mass is 31.2. The molecule has 0 bridgehead atoms. The SMILES string of the molecule is FCOCCCOP1(F)=C[PH](F)=C[PH](c2ccccc2)=C1. The summed E-state index contributed by atoms with van der Waals surface area (Å²) in [5.74, 6) is 0. The number of alkyl halides is 1. The second kappa shape index (κ2) is 8.46. The number of halogens is 3. The number of hydrogen-bond acceptors (Lipinski definition) is 2. The van der Waals surface area contributed by atoms with Gasteiger partial charge in [-0.15, -0.1) is 0 Å². The molecule has 0 saturated heterocycles. The van der Waals surface area contributed by atoms with Gasteiger partial charge < -0.3 is 9.26 Å². The molecule has 2 nitrogen and oxygen atoms in total. The lowest BCUT2D eigenvalue weighted by Gasteiger charge is -2.19. The highest BCUT2D eigenvalue weighted by Gasteiger charge is 2.19. The molecule has 118 valence electrons. The molecule has 0 fully saturated rings. The van der Waals surface area contributed by atoms with Gasteiger partial charge in [-0.3, -0.25) is 0 Å². The van der Waals surface area contributed by atoms with E-state index >= 15 is 0 Å². The summed E-state index contributed by atoms with van der Waals surface area (Å²) in [4.78, 5) is 0. The van der Waals surface area contributed by atoms with Crippen molar-refractivity contribution < 1.29 is 22.0 Å². The van der Waals surface area contributed by atoms with Crippen LogP contribution in [0.3, 0.4) is 0 Å². The topological polar surface area (TPSA) is 18.5 Å². The Morgan fingerprint density at radius 3 is 2.62 bits per heavy atom. The predicted octanol–water partition coefficient (Wildman–Crippen LogP) is 4.08. The van der Waals surface area contributed by atoms with E-state index < -0.39 is 29.7 Å². The third kappa shape index (κ3) is 5.51. The van der Waals surface area contributed by atoms with Crippen LogP contribution in [0.15, 0.2) is 30.3 Å². The van der Waals surface area contributed by atoms with Gasteiger partial charge in [0.1, 0.15) is 0 Å². The molecule has 0 amide bonds. The molecule has 2 rings (SSSR count). The third-order valence-corrected chi connectivity index (χ3v) is 11.7. The van der Waals surface area contributed by atoms with Crippen LogP contribution in [0.2, 0.25) is 0 Å². The molecule has 3 unspecified atom stereocenters. The lowest BCUT2D eigenvalue weighted by Crippen LogP contribution is -2.03. The normalized spacial score (nSPS) is 28.3. The van der Waals surface area contributed by atoms with Gasteiger partial charge in [-0.2, -0.15) is 4.20 Å². The molecule has 8 heteroatoms. The summed E-state index contributed by atoms with van der Waals surface area (Å²) in [5.41, 5.74) is 4.33. The van der Waals surface area contributed by atoms with Crippen LogP contribution in [0.5, 0.6) is 0 Å². The zero-order valence-electron chi connectivity index (χ0n) is 11.3. The van der Waals surface area contributed by atoms with E-state index in [1.807, 2.05) is 30.3 Å². The van der Waals surface area contributed by atoms with E-state index in [0.29, 0.717) is 6.42 Å². The van der Waals surface area contributed by atoms with E-state index in [1.54, 1.807) is 11.1 Å². The molecule has 0 N–H and O–H groups in total. The molecular formula is C13H18F3O2P3. The molecular weight excluding hydrogens is 338 g/mol. The van der Waals surface area contributed by atoms with Crippen LogP contribution in [0, 0.1) is 0 Å². The summed E-state index contributed by atoms with van der Waals surface area (Å²) < 4.78 is 50.1.